The normalized spacial score (nSPS) is 14.7. The van der Waals surface area contributed by atoms with E-state index >= 15 is 0 Å². The Labute approximate surface area is 257 Å². The van der Waals surface area contributed by atoms with Crippen molar-refractivity contribution in [2.75, 3.05) is 38.5 Å². The van der Waals surface area contributed by atoms with Crippen molar-refractivity contribution in [2.24, 2.45) is 35.1 Å². The number of carbonyl (C=O) groups is 4. The molecule has 2 amide bonds. The summed E-state index contributed by atoms with van der Waals surface area (Å²) in [5, 5.41) is 8.71. The number of rotatable bonds is 16. The third-order valence-electron chi connectivity index (χ3n) is 7.24. The minimum Gasteiger partial charge on any atom is -0.480 e. The summed E-state index contributed by atoms with van der Waals surface area (Å²) < 4.78 is 4.23. The Morgan fingerprint density at radius 2 is 1.17 bits per heavy atom. The van der Waals surface area contributed by atoms with Gasteiger partial charge in [0.25, 0.3) is 0 Å². The van der Waals surface area contributed by atoms with Crippen molar-refractivity contribution >= 4 is 47.3 Å². The molecule has 41 heavy (non-hydrogen) atoms. The molecule has 0 fully saturated rings. The summed E-state index contributed by atoms with van der Waals surface area (Å²) in [5.41, 5.74) is 11.4. The van der Waals surface area contributed by atoms with Gasteiger partial charge in [0.2, 0.25) is 11.8 Å². The van der Waals surface area contributed by atoms with E-state index in [2.05, 4.69) is 0 Å². The molecule has 0 saturated carbocycles. The van der Waals surface area contributed by atoms with Gasteiger partial charge in [-0.05, 0) is 53.4 Å². The second kappa shape index (κ2) is 19.6. The van der Waals surface area contributed by atoms with Crippen LogP contribution in [0.2, 0.25) is 0 Å². The fraction of sp³-hybridized carbons (Fsp3) is 0.862. The maximum Gasteiger partial charge on any atom is 0.324 e. The molecule has 0 spiro atoms. The third-order valence-corrected chi connectivity index (χ3v) is 9.95. The van der Waals surface area contributed by atoms with Crippen LogP contribution in [0.25, 0.3) is 0 Å². The molecule has 0 aromatic rings. The number of methoxy groups -OCH3 is 1. The minimum atomic E-state index is -1.00. The van der Waals surface area contributed by atoms with Gasteiger partial charge < -0.3 is 31.1 Å². The van der Waals surface area contributed by atoms with Crippen LogP contribution in [-0.2, 0) is 23.9 Å². The van der Waals surface area contributed by atoms with Crippen LogP contribution in [0.1, 0.15) is 69.2 Å². The number of carboxylic acids is 1. The van der Waals surface area contributed by atoms with E-state index in [0.29, 0.717) is 17.3 Å². The standard InChI is InChI=1S/C16H32N2O3S.C13H26N2O3S/c1-10(2)12(14(19)18(7)11(3)4)9-22-16(5,6)13(17)15(20)21-8;1-8(2)10(12(16)15(5)9(3)4)6-19-7-11(14)13(17)18/h10-13H,9,17H2,1-8H3;8-11H,6-7,14H2,1-5H3,(H,17,18)/t12-,13?;10-,11?/m00/s1. The summed E-state index contributed by atoms with van der Waals surface area (Å²) >= 11 is 2.98. The summed E-state index contributed by atoms with van der Waals surface area (Å²) in [6.45, 7) is 19.9. The van der Waals surface area contributed by atoms with Gasteiger partial charge in [-0.3, -0.25) is 19.2 Å². The van der Waals surface area contributed by atoms with Crippen LogP contribution in [-0.4, -0.2) is 106 Å². The minimum absolute atomic E-state index is 0.0958. The molecule has 0 bridgehead atoms. The molecular formula is C29H58N4O6S2. The van der Waals surface area contributed by atoms with E-state index in [-0.39, 0.29) is 47.6 Å². The van der Waals surface area contributed by atoms with Crippen LogP contribution in [0.5, 0.6) is 0 Å². The van der Waals surface area contributed by atoms with E-state index in [1.54, 1.807) is 28.6 Å². The van der Waals surface area contributed by atoms with E-state index in [1.807, 2.05) is 76.3 Å². The number of nitrogens with two attached hydrogens (primary N) is 2. The zero-order valence-corrected chi connectivity index (χ0v) is 29.2. The lowest BCUT2D eigenvalue weighted by Crippen LogP contribution is -2.48. The molecule has 0 aliphatic rings. The number of thioether (sulfide) groups is 2. The van der Waals surface area contributed by atoms with Gasteiger partial charge in [0.05, 0.1) is 7.11 Å². The van der Waals surface area contributed by atoms with Crippen molar-refractivity contribution in [1.82, 2.24) is 9.80 Å². The lowest BCUT2D eigenvalue weighted by atomic mass is 9.96. The number of carbonyl (C=O) groups excluding carboxylic acids is 3. The van der Waals surface area contributed by atoms with Crippen molar-refractivity contribution in [3.63, 3.8) is 0 Å². The van der Waals surface area contributed by atoms with Gasteiger partial charge in [0.1, 0.15) is 12.1 Å². The Morgan fingerprint density at radius 1 is 0.780 bits per heavy atom. The van der Waals surface area contributed by atoms with E-state index < -0.39 is 28.8 Å². The Balaban J connectivity index is 0. The zero-order chi connectivity index (χ0) is 32.8. The Hall–Kier alpha value is -1.50. The quantitative estimate of drug-likeness (QED) is 0.218. The SMILES string of the molecule is CC(C)[C@H](CSCC(N)C(=O)O)C(=O)N(C)C(C)C.COC(=O)C(N)C(C)(C)SC[C@H](C(=O)N(C)C(C)C)C(C)C. The van der Waals surface area contributed by atoms with Crippen LogP contribution >= 0.6 is 23.5 Å². The first-order valence-electron chi connectivity index (χ1n) is 14.2. The number of hydrogen-bond acceptors (Lipinski definition) is 9. The van der Waals surface area contributed by atoms with Gasteiger partial charge in [-0.25, -0.2) is 0 Å². The Morgan fingerprint density at radius 3 is 1.49 bits per heavy atom. The molecule has 0 aliphatic carbocycles. The molecule has 242 valence electrons. The number of esters is 1. The van der Waals surface area contributed by atoms with Crippen LogP contribution in [0.4, 0.5) is 0 Å². The second-order valence-electron chi connectivity index (χ2n) is 12.2. The molecule has 0 radical (unpaired) electrons. The molecule has 0 aromatic carbocycles. The number of aliphatic carboxylic acids is 1. The molecule has 2 unspecified atom stereocenters. The molecule has 10 nitrogen and oxygen atoms in total. The Bertz CT molecular complexity index is 823. The number of carboxylic acid groups (broad SMARTS) is 1. The third kappa shape index (κ3) is 15.0. The second-order valence-corrected chi connectivity index (χ2v) is 14.9. The average Bonchev–Trinajstić information content (AvgIpc) is 2.88. The van der Waals surface area contributed by atoms with Gasteiger partial charge in [0.15, 0.2) is 0 Å². The number of hydrogen-bond donors (Lipinski definition) is 3. The molecule has 5 N–H and O–H groups in total. The van der Waals surface area contributed by atoms with Gasteiger partial charge in [0, 0.05) is 60.0 Å². The first-order valence-corrected chi connectivity index (χ1v) is 16.3. The Kier molecular flexibility index (Phi) is 19.9. The predicted molar refractivity (Wildman–Crippen MR) is 172 cm³/mol. The molecule has 0 aromatic heterocycles. The fourth-order valence-corrected chi connectivity index (χ4v) is 6.05. The predicted octanol–water partition coefficient (Wildman–Crippen LogP) is 3.41. The smallest absolute Gasteiger partial charge is 0.324 e. The molecule has 12 heteroatoms. The summed E-state index contributed by atoms with van der Waals surface area (Å²) in [4.78, 5) is 50.7. The van der Waals surface area contributed by atoms with Crippen LogP contribution < -0.4 is 11.5 Å². The first-order chi connectivity index (χ1) is 18.6. The number of nitrogens with zero attached hydrogens (tertiary/aromatic N) is 2. The summed E-state index contributed by atoms with van der Waals surface area (Å²) in [6.07, 6.45) is 0. The lowest BCUT2D eigenvalue weighted by Gasteiger charge is -2.33. The molecule has 0 rings (SSSR count). The van der Waals surface area contributed by atoms with Gasteiger partial charge in [-0.2, -0.15) is 23.5 Å². The van der Waals surface area contributed by atoms with E-state index in [9.17, 15) is 19.2 Å². The molecule has 0 saturated heterocycles. The van der Waals surface area contributed by atoms with Crippen molar-refractivity contribution < 1.29 is 29.0 Å². The zero-order valence-electron chi connectivity index (χ0n) is 27.6. The van der Waals surface area contributed by atoms with E-state index in [4.69, 9.17) is 21.3 Å². The summed E-state index contributed by atoms with van der Waals surface area (Å²) in [7, 11) is 4.97. The molecule has 0 heterocycles. The number of amides is 2. The van der Waals surface area contributed by atoms with Crippen LogP contribution in [0.3, 0.4) is 0 Å². The van der Waals surface area contributed by atoms with Gasteiger partial charge in [-0.15, -0.1) is 0 Å². The first kappa shape index (κ1) is 41.6. The number of ether oxygens (including phenoxy) is 1. The topological polar surface area (TPSA) is 156 Å². The molecule has 4 atom stereocenters. The highest BCUT2D eigenvalue weighted by atomic mass is 32.2. The summed E-state index contributed by atoms with van der Waals surface area (Å²) in [6, 6.07) is -1.24. The van der Waals surface area contributed by atoms with Crippen LogP contribution in [0.15, 0.2) is 0 Å². The fourth-order valence-electron chi connectivity index (χ4n) is 3.33. The summed E-state index contributed by atoms with van der Waals surface area (Å²) in [5.74, 6) is 0.648. The van der Waals surface area contributed by atoms with Crippen LogP contribution in [0, 0.1) is 23.7 Å². The highest BCUT2D eigenvalue weighted by molar-refractivity contribution is 8.00. The van der Waals surface area contributed by atoms with Crippen molar-refractivity contribution in [3.8, 4) is 0 Å². The van der Waals surface area contributed by atoms with E-state index in [0.717, 1.165) is 0 Å². The highest BCUT2D eigenvalue weighted by Crippen LogP contribution is 2.32. The molecule has 0 aliphatic heterocycles. The maximum atomic E-state index is 12.6. The van der Waals surface area contributed by atoms with Gasteiger partial charge in [-0.1, -0.05) is 27.7 Å². The highest BCUT2D eigenvalue weighted by Gasteiger charge is 2.36. The largest absolute Gasteiger partial charge is 0.480 e. The lowest BCUT2D eigenvalue weighted by molar-refractivity contribution is -0.143. The molecular weight excluding hydrogens is 564 g/mol. The van der Waals surface area contributed by atoms with Crippen molar-refractivity contribution in [3.05, 3.63) is 0 Å². The van der Waals surface area contributed by atoms with Crippen molar-refractivity contribution in [1.29, 1.82) is 0 Å². The van der Waals surface area contributed by atoms with Gasteiger partial charge >= 0.3 is 11.9 Å². The maximum absolute atomic E-state index is 12.6. The average molecular weight is 623 g/mol. The van der Waals surface area contributed by atoms with Crippen molar-refractivity contribution in [2.45, 2.75) is 98.2 Å². The van der Waals surface area contributed by atoms with E-state index in [1.165, 1.54) is 18.9 Å². The monoisotopic (exact) mass is 622 g/mol.